The van der Waals surface area contributed by atoms with Crippen molar-refractivity contribution in [3.63, 3.8) is 0 Å². The lowest BCUT2D eigenvalue weighted by molar-refractivity contribution is 0.792. The van der Waals surface area contributed by atoms with E-state index in [1.54, 1.807) is 0 Å². The predicted octanol–water partition coefficient (Wildman–Crippen LogP) is 3.93. The molecule has 1 aromatic carbocycles. The summed E-state index contributed by atoms with van der Waals surface area (Å²) in [7, 11) is -0.440. The van der Waals surface area contributed by atoms with Crippen LogP contribution in [0.1, 0.15) is 31.9 Å². The van der Waals surface area contributed by atoms with Crippen LogP contribution in [0.4, 0.5) is 0 Å². The van der Waals surface area contributed by atoms with Gasteiger partial charge in [0.05, 0.1) is 5.44 Å². The van der Waals surface area contributed by atoms with Gasteiger partial charge in [-0.25, -0.2) is 0 Å². The Hall–Kier alpha value is -1.20. The number of benzene rings is 1. The third kappa shape index (κ3) is 3.04. The first-order chi connectivity index (χ1) is 8.91. The van der Waals surface area contributed by atoms with Crippen LogP contribution in [-0.2, 0) is 0 Å². The first-order valence-corrected chi connectivity index (χ1v) is 8.03. The third-order valence-corrected chi connectivity index (χ3v) is 6.40. The molecule has 2 rings (SSSR count). The minimum absolute atomic E-state index is 0.211. The Labute approximate surface area is 117 Å². The fourth-order valence-electron chi connectivity index (χ4n) is 2.29. The third-order valence-electron chi connectivity index (χ3n) is 3.37. The van der Waals surface area contributed by atoms with Crippen LogP contribution in [0, 0.1) is 13.8 Å². The number of rotatable bonds is 2. The minimum atomic E-state index is -0.440. The maximum atomic E-state index is 4.62. The predicted molar refractivity (Wildman–Crippen MR) is 86.1 cm³/mol. The molecule has 0 radical (unpaired) electrons. The van der Waals surface area contributed by atoms with Crippen molar-refractivity contribution in [2.24, 2.45) is 0 Å². The van der Waals surface area contributed by atoms with Gasteiger partial charge in [0, 0.05) is 6.20 Å². The molecule has 0 amide bonds. The molecule has 0 aliphatic heterocycles. The van der Waals surface area contributed by atoms with Gasteiger partial charge in [-0.05, 0) is 55.5 Å². The zero-order valence-electron chi connectivity index (χ0n) is 12.4. The van der Waals surface area contributed by atoms with Crippen molar-refractivity contribution in [3.05, 3.63) is 53.7 Å². The molecular formula is C17H22NP. The summed E-state index contributed by atoms with van der Waals surface area (Å²) in [4.78, 5) is 4.62. The first-order valence-electron chi connectivity index (χ1n) is 6.69. The van der Waals surface area contributed by atoms with Gasteiger partial charge in [-0.1, -0.05) is 45.0 Å². The number of pyridine rings is 1. The number of nitrogens with zero attached hydrogens (tertiary/aromatic N) is 1. The second-order valence-corrected chi connectivity index (χ2v) is 8.87. The Kier molecular flexibility index (Phi) is 4.06. The highest BCUT2D eigenvalue weighted by atomic mass is 31.1. The topological polar surface area (TPSA) is 12.9 Å². The molecule has 19 heavy (non-hydrogen) atoms. The van der Waals surface area contributed by atoms with Crippen molar-refractivity contribution in [1.29, 1.82) is 0 Å². The molecule has 0 saturated heterocycles. The van der Waals surface area contributed by atoms with Crippen LogP contribution >= 0.6 is 7.92 Å². The fourth-order valence-corrected chi connectivity index (χ4v) is 5.11. The normalized spacial score (nSPS) is 13.3. The quantitative estimate of drug-likeness (QED) is 0.754. The molecule has 2 aromatic rings. The Morgan fingerprint density at radius 1 is 0.947 bits per heavy atom. The summed E-state index contributed by atoms with van der Waals surface area (Å²) in [5.41, 5.74) is 4.00. The van der Waals surface area contributed by atoms with Gasteiger partial charge in [0.2, 0.25) is 0 Å². The molecule has 0 aliphatic carbocycles. The van der Waals surface area contributed by atoms with Crippen LogP contribution in [0.15, 0.2) is 42.6 Å². The first kappa shape index (κ1) is 14.2. The molecule has 0 saturated carbocycles. The van der Waals surface area contributed by atoms with E-state index in [0.717, 1.165) is 0 Å². The Morgan fingerprint density at radius 2 is 1.68 bits per heavy atom. The lowest BCUT2D eigenvalue weighted by Crippen LogP contribution is -2.29. The SMILES string of the molecule is Cc1cccc(P(c2ccccn2)C(C)(C)C)c1C. The van der Waals surface area contributed by atoms with E-state index in [-0.39, 0.29) is 5.16 Å². The molecule has 0 bridgehead atoms. The molecule has 1 heterocycles. The Balaban J connectivity index is 2.60. The van der Waals surface area contributed by atoms with E-state index in [9.17, 15) is 0 Å². The van der Waals surface area contributed by atoms with Crippen LogP contribution in [0.5, 0.6) is 0 Å². The number of aromatic nitrogens is 1. The molecule has 0 aliphatic rings. The number of hydrogen-bond acceptors (Lipinski definition) is 1. The maximum Gasteiger partial charge on any atom is 0.0681 e. The summed E-state index contributed by atoms with van der Waals surface area (Å²) in [6.07, 6.45) is 1.90. The summed E-state index contributed by atoms with van der Waals surface area (Å²) in [6.45, 7) is 11.4. The molecule has 1 aromatic heterocycles. The van der Waals surface area contributed by atoms with Crippen molar-refractivity contribution in [3.8, 4) is 0 Å². The van der Waals surface area contributed by atoms with Crippen molar-refractivity contribution in [2.45, 2.75) is 39.8 Å². The molecule has 1 nitrogen and oxygen atoms in total. The van der Waals surface area contributed by atoms with Gasteiger partial charge in [-0.3, -0.25) is 4.98 Å². The van der Waals surface area contributed by atoms with Crippen LogP contribution < -0.4 is 10.7 Å². The summed E-state index contributed by atoms with van der Waals surface area (Å²) >= 11 is 0. The molecule has 0 N–H and O–H groups in total. The zero-order chi connectivity index (χ0) is 14.0. The molecule has 0 fully saturated rings. The number of aryl methyl sites for hydroxylation is 1. The zero-order valence-corrected chi connectivity index (χ0v) is 13.3. The highest BCUT2D eigenvalue weighted by Gasteiger charge is 2.29. The van der Waals surface area contributed by atoms with Gasteiger partial charge in [0.25, 0.3) is 0 Å². The highest BCUT2D eigenvalue weighted by molar-refractivity contribution is 7.74. The van der Waals surface area contributed by atoms with Gasteiger partial charge in [-0.15, -0.1) is 0 Å². The van der Waals surface area contributed by atoms with E-state index in [1.807, 2.05) is 12.3 Å². The van der Waals surface area contributed by atoms with Gasteiger partial charge in [0.15, 0.2) is 0 Å². The lowest BCUT2D eigenvalue weighted by Gasteiger charge is -2.32. The van der Waals surface area contributed by atoms with Gasteiger partial charge in [-0.2, -0.15) is 0 Å². The summed E-state index contributed by atoms with van der Waals surface area (Å²) in [5.74, 6) is 0. The summed E-state index contributed by atoms with van der Waals surface area (Å²) in [6, 6.07) is 12.9. The van der Waals surface area contributed by atoms with Crippen molar-refractivity contribution in [2.75, 3.05) is 0 Å². The van der Waals surface area contributed by atoms with Crippen molar-refractivity contribution in [1.82, 2.24) is 4.98 Å². The Bertz CT molecular complexity index is 555. The van der Waals surface area contributed by atoms with Crippen LogP contribution in [0.2, 0.25) is 0 Å². The van der Waals surface area contributed by atoms with E-state index in [4.69, 9.17) is 0 Å². The molecule has 0 spiro atoms. The van der Waals surface area contributed by atoms with E-state index >= 15 is 0 Å². The lowest BCUT2D eigenvalue weighted by atomic mass is 10.1. The van der Waals surface area contributed by atoms with Crippen LogP contribution in [-0.4, -0.2) is 10.1 Å². The van der Waals surface area contributed by atoms with E-state index in [0.29, 0.717) is 0 Å². The highest BCUT2D eigenvalue weighted by Crippen LogP contribution is 2.47. The van der Waals surface area contributed by atoms with E-state index < -0.39 is 7.92 Å². The van der Waals surface area contributed by atoms with Gasteiger partial charge >= 0.3 is 0 Å². The molecular weight excluding hydrogens is 249 g/mol. The molecule has 1 unspecified atom stereocenters. The fraction of sp³-hybridized carbons (Fsp3) is 0.353. The standard InChI is InChI=1S/C17H22NP/c1-13-9-8-10-15(14(13)2)19(17(3,4)5)16-11-6-7-12-18-16/h6-12H,1-5H3. The van der Waals surface area contributed by atoms with Crippen molar-refractivity contribution >= 4 is 18.7 Å². The van der Waals surface area contributed by atoms with Gasteiger partial charge in [0.1, 0.15) is 0 Å². The average molecular weight is 271 g/mol. The molecule has 1 atom stereocenters. The maximum absolute atomic E-state index is 4.62. The Morgan fingerprint density at radius 3 is 2.26 bits per heavy atom. The smallest absolute Gasteiger partial charge is 0.0681 e. The van der Waals surface area contributed by atoms with Crippen LogP contribution in [0.3, 0.4) is 0 Å². The van der Waals surface area contributed by atoms with E-state index in [2.05, 4.69) is 69.9 Å². The monoisotopic (exact) mass is 271 g/mol. The summed E-state index contributed by atoms with van der Waals surface area (Å²) < 4.78 is 0. The molecule has 100 valence electrons. The number of hydrogen-bond donors (Lipinski definition) is 0. The van der Waals surface area contributed by atoms with Crippen molar-refractivity contribution < 1.29 is 0 Å². The second-order valence-electron chi connectivity index (χ2n) is 5.91. The summed E-state index contributed by atoms with van der Waals surface area (Å²) in [5, 5.41) is 1.67. The van der Waals surface area contributed by atoms with Gasteiger partial charge < -0.3 is 0 Å². The second kappa shape index (κ2) is 5.43. The average Bonchev–Trinajstić information content (AvgIpc) is 2.35. The minimum Gasteiger partial charge on any atom is -0.256 e. The van der Waals surface area contributed by atoms with Crippen LogP contribution in [0.25, 0.3) is 0 Å². The largest absolute Gasteiger partial charge is 0.256 e. The van der Waals surface area contributed by atoms with E-state index in [1.165, 1.54) is 21.9 Å². The molecule has 2 heteroatoms.